The molecule has 0 spiro atoms. The van der Waals surface area contributed by atoms with Crippen molar-refractivity contribution in [1.29, 1.82) is 0 Å². The third-order valence-electron chi connectivity index (χ3n) is 4.86. The molecule has 23 heavy (non-hydrogen) atoms. The number of ether oxygens (including phenoxy) is 2. The molecule has 0 aliphatic carbocycles. The Bertz CT molecular complexity index is 506. The summed E-state index contributed by atoms with van der Waals surface area (Å²) in [6.45, 7) is 2.25. The SMILES string of the molecule is Cl.NCC1(C(=O)NC2CCOC2c2ccccc2)CCOCC1. The third-order valence-corrected chi connectivity index (χ3v) is 4.86. The minimum Gasteiger partial charge on any atom is -0.381 e. The van der Waals surface area contributed by atoms with Crippen molar-refractivity contribution in [3.05, 3.63) is 35.9 Å². The van der Waals surface area contributed by atoms with Gasteiger partial charge in [-0.2, -0.15) is 0 Å². The lowest BCUT2D eigenvalue weighted by molar-refractivity contribution is -0.137. The quantitative estimate of drug-likeness (QED) is 0.876. The molecule has 0 aromatic heterocycles. The molecule has 2 saturated heterocycles. The number of rotatable bonds is 4. The molecule has 5 nitrogen and oxygen atoms in total. The molecule has 128 valence electrons. The molecule has 2 heterocycles. The molecule has 0 bridgehead atoms. The van der Waals surface area contributed by atoms with Crippen molar-refractivity contribution in [2.75, 3.05) is 26.4 Å². The van der Waals surface area contributed by atoms with Gasteiger partial charge in [0.15, 0.2) is 0 Å². The summed E-state index contributed by atoms with van der Waals surface area (Å²) in [4.78, 5) is 12.8. The van der Waals surface area contributed by atoms with Gasteiger partial charge in [0, 0.05) is 26.4 Å². The molecule has 2 aliphatic rings. The summed E-state index contributed by atoms with van der Waals surface area (Å²) in [6, 6.07) is 10.1. The van der Waals surface area contributed by atoms with E-state index in [-0.39, 0.29) is 30.5 Å². The van der Waals surface area contributed by atoms with Gasteiger partial charge >= 0.3 is 0 Å². The fourth-order valence-electron chi connectivity index (χ4n) is 3.32. The highest BCUT2D eigenvalue weighted by Gasteiger charge is 2.41. The van der Waals surface area contributed by atoms with Crippen LogP contribution in [0.2, 0.25) is 0 Å². The first kappa shape index (κ1) is 18.2. The van der Waals surface area contributed by atoms with Crippen molar-refractivity contribution < 1.29 is 14.3 Å². The van der Waals surface area contributed by atoms with E-state index in [1.54, 1.807) is 0 Å². The van der Waals surface area contributed by atoms with Gasteiger partial charge in [-0.1, -0.05) is 30.3 Å². The van der Waals surface area contributed by atoms with Crippen LogP contribution in [-0.2, 0) is 14.3 Å². The van der Waals surface area contributed by atoms with E-state index in [1.807, 2.05) is 30.3 Å². The first-order valence-corrected chi connectivity index (χ1v) is 8.00. The fraction of sp³-hybridized carbons (Fsp3) is 0.588. The van der Waals surface area contributed by atoms with Gasteiger partial charge in [-0.15, -0.1) is 12.4 Å². The Morgan fingerprint density at radius 2 is 1.91 bits per heavy atom. The molecule has 0 radical (unpaired) electrons. The van der Waals surface area contributed by atoms with E-state index in [4.69, 9.17) is 15.2 Å². The molecule has 3 rings (SSSR count). The number of benzene rings is 1. The van der Waals surface area contributed by atoms with E-state index in [2.05, 4.69) is 5.32 Å². The van der Waals surface area contributed by atoms with Gasteiger partial charge in [0.25, 0.3) is 0 Å². The molecule has 3 N–H and O–H groups in total. The van der Waals surface area contributed by atoms with Crippen LogP contribution in [-0.4, -0.2) is 38.3 Å². The van der Waals surface area contributed by atoms with Crippen LogP contribution in [0, 0.1) is 5.41 Å². The fourth-order valence-corrected chi connectivity index (χ4v) is 3.32. The summed E-state index contributed by atoms with van der Waals surface area (Å²) >= 11 is 0. The Morgan fingerprint density at radius 1 is 1.22 bits per heavy atom. The summed E-state index contributed by atoms with van der Waals surface area (Å²) < 4.78 is 11.2. The van der Waals surface area contributed by atoms with E-state index < -0.39 is 5.41 Å². The minimum atomic E-state index is -0.484. The summed E-state index contributed by atoms with van der Waals surface area (Å²) in [6.07, 6.45) is 2.15. The predicted octanol–water partition coefficient (Wildman–Crippen LogP) is 1.81. The highest BCUT2D eigenvalue weighted by atomic mass is 35.5. The van der Waals surface area contributed by atoms with Crippen LogP contribution in [0.5, 0.6) is 0 Å². The monoisotopic (exact) mass is 340 g/mol. The highest BCUT2D eigenvalue weighted by Crippen LogP contribution is 2.33. The molecule has 2 unspecified atom stereocenters. The number of nitrogens with one attached hydrogen (secondary N) is 1. The van der Waals surface area contributed by atoms with Crippen LogP contribution < -0.4 is 11.1 Å². The van der Waals surface area contributed by atoms with Gasteiger partial charge in [-0.3, -0.25) is 4.79 Å². The van der Waals surface area contributed by atoms with Crippen molar-refractivity contribution >= 4 is 18.3 Å². The van der Waals surface area contributed by atoms with Crippen molar-refractivity contribution in [2.24, 2.45) is 11.1 Å². The summed E-state index contributed by atoms with van der Waals surface area (Å²) in [7, 11) is 0. The van der Waals surface area contributed by atoms with E-state index in [0.717, 1.165) is 12.0 Å². The number of carbonyl (C=O) groups is 1. The van der Waals surface area contributed by atoms with Crippen LogP contribution in [0.4, 0.5) is 0 Å². The standard InChI is InChI=1S/C17H24N2O3.ClH/c18-12-17(7-10-21-11-8-17)16(20)19-14-6-9-22-15(14)13-4-2-1-3-5-13;/h1-5,14-15H,6-12,18H2,(H,19,20);1H. The minimum absolute atomic E-state index is 0. The lowest BCUT2D eigenvalue weighted by Crippen LogP contribution is -2.52. The average Bonchev–Trinajstić information content (AvgIpc) is 3.04. The maximum atomic E-state index is 12.8. The zero-order valence-corrected chi connectivity index (χ0v) is 14.0. The maximum Gasteiger partial charge on any atom is 0.227 e. The molecule has 2 fully saturated rings. The molecule has 6 heteroatoms. The maximum absolute atomic E-state index is 12.8. The van der Waals surface area contributed by atoms with E-state index in [0.29, 0.717) is 39.2 Å². The van der Waals surface area contributed by atoms with Crippen LogP contribution in [0.25, 0.3) is 0 Å². The Kier molecular flexibility index (Phi) is 6.41. The molecule has 1 amide bonds. The Morgan fingerprint density at radius 3 is 2.57 bits per heavy atom. The molecular formula is C17H25ClN2O3. The number of hydrogen-bond acceptors (Lipinski definition) is 4. The number of amides is 1. The Balaban J connectivity index is 0.00000192. The molecule has 2 atom stereocenters. The van der Waals surface area contributed by atoms with Crippen molar-refractivity contribution in [3.8, 4) is 0 Å². The predicted molar refractivity (Wildman–Crippen MR) is 90.5 cm³/mol. The summed E-state index contributed by atoms with van der Waals surface area (Å²) in [5.41, 5.74) is 6.54. The van der Waals surface area contributed by atoms with E-state index >= 15 is 0 Å². The zero-order chi connectivity index (χ0) is 15.4. The van der Waals surface area contributed by atoms with Crippen LogP contribution in [0.3, 0.4) is 0 Å². The number of hydrogen-bond donors (Lipinski definition) is 2. The molecule has 2 aliphatic heterocycles. The lowest BCUT2D eigenvalue weighted by atomic mass is 9.79. The second kappa shape index (κ2) is 8.11. The number of carbonyl (C=O) groups excluding carboxylic acids is 1. The van der Waals surface area contributed by atoms with Gasteiger partial charge in [0.05, 0.1) is 11.5 Å². The van der Waals surface area contributed by atoms with E-state index in [9.17, 15) is 4.79 Å². The summed E-state index contributed by atoms with van der Waals surface area (Å²) in [5, 5.41) is 3.19. The lowest BCUT2D eigenvalue weighted by Gasteiger charge is -2.36. The van der Waals surface area contributed by atoms with Crippen LogP contribution in [0.1, 0.15) is 30.9 Å². The van der Waals surface area contributed by atoms with Crippen LogP contribution >= 0.6 is 12.4 Å². The Labute approximate surface area is 143 Å². The van der Waals surface area contributed by atoms with Crippen molar-refractivity contribution in [2.45, 2.75) is 31.4 Å². The van der Waals surface area contributed by atoms with Gasteiger partial charge in [-0.25, -0.2) is 0 Å². The molecular weight excluding hydrogens is 316 g/mol. The number of halogens is 1. The van der Waals surface area contributed by atoms with Gasteiger partial charge in [0.2, 0.25) is 5.91 Å². The largest absolute Gasteiger partial charge is 0.381 e. The molecule has 1 aromatic carbocycles. The normalized spacial score (nSPS) is 26.3. The first-order chi connectivity index (χ1) is 10.7. The highest BCUT2D eigenvalue weighted by molar-refractivity contribution is 5.85. The van der Waals surface area contributed by atoms with Crippen molar-refractivity contribution in [1.82, 2.24) is 5.32 Å². The second-order valence-electron chi connectivity index (χ2n) is 6.17. The topological polar surface area (TPSA) is 73.6 Å². The van der Waals surface area contributed by atoms with Gasteiger partial charge < -0.3 is 20.5 Å². The smallest absolute Gasteiger partial charge is 0.227 e. The Hall–Kier alpha value is -1.14. The van der Waals surface area contributed by atoms with E-state index in [1.165, 1.54) is 0 Å². The average molecular weight is 341 g/mol. The first-order valence-electron chi connectivity index (χ1n) is 8.00. The number of nitrogens with two attached hydrogens (primary N) is 1. The van der Waals surface area contributed by atoms with Crippen LogP contribution in [0.15, 0.2) is 30.3 Å². The molecule has 0 saturated carbocycles. The summed E-state index contributed by atoms with van der Waals surface area (Å²) in [5.74, 6) is 0.0507. The van der Waals surface area contributed by atoms with Crippen molar-refractivity contribution in [3.63, 3.8) is 0 Å². The third kappa shape index (κ3) is 3.86. The van der Waals surface area contributed by atoms with Gasteiger partial charge in [-0.05, 0) is 24.8 Å². The zero-order valence-electron chi connectivity index (χ0n) is 13.2. The molecule has 1 aromatic rings. The van der Waals surface area contributed by atoms with Gasteiger partial charge in [0.1, 0.15) is 6.10 Å². The second-order valence-corrected chi connectivity index (χ2v) is 6.17.